The number of hydrogen-bond donors (Lipinski definition) is 0. The van der Waals surface area contributed by atoms with Crippen molar-refractivity contribution in [3.8, 4) is 22.3 Å². The van der Waals surface area contributed by atoms with E-state index in [2.05, 4.69) is 61.4 Å². The van der Waals surface area contributed by atoms with Gasteiger partial charge in [0.2, 0.25) is 5.91 Å². The minimum atomic E-state index is -0.793. The Morgan fingerprint density at radius 1 is 1.00 bits per heavy atom. The van der Waals surface area contributed by atoms with E-state index in [4.69, 9.17) is 4.99 Å². The number of benzene rings is 2. The topological polar surface area (TPSA) is 70.8 Å². The van der Waals surface area contributed by atoms with Gasteiger partial charge >= 0.3 is 0 Å². The summed E-state index contributed by atoms with van der Waals surface area (Å²) < 4.78 is 1.81. The predicted molar refractivity (Wildman–Crippen MR) is 153 cm³/mol. The van der Waals surface area contributed by atoms with Crippen molar-refractivity contribution in [1.82, 2.24) is 19.6 Å². The van der Waals surface area contributed by atoms with Crippen molar-refractivity contribution < 1.29 is 9.59 Å². The molecule has 0 N–H and O–H groups in total. The standard InChI is InChI=1S/C32H37N5O2/c1-21-16-25(23-6-8-24(9-7-23)26-17-33-35(5)20-26)10-11-27(21)28-34-31(2,3)29(38)37(28)19-22-12-15-36(18-22)30(39)32(4)13-14-32/h6-11,16-17,20,22H,12-15,18-19H2,1-5H3. The number of nitrogens with zero attached hydrogens (tertiary/aromatic N) is 5. The third-order valence-electron chi connectivity index (χ3n) is 8.66. The summed E-state index contributed by atoms with van der Waals surface area (Å²) >= 11 is 0. The summed E-state index contributed by atoms with van der Waals surface area (Å²) in [4.78, 5) is 35.1. The zero-order chi connectivity index (χ0) is 27.5. The first kappa shape index (κ1) is 25.5. The van der Waals surface area contributed by atoms with Crippen molar-refractivity contribution in [3.63, 3.8) is 0 Å². The van der Waals surface area contributed by atoms with Gasteiger partial charge in [-0.05, 0) is 68.2 Å². The highest BCUT2D eigenvalue weighted by atomic mass is 16.2. The minimum absolute atomic E-state index is 0.0332. The molecule has 0 radical (unpaired) electrons. The van der Waals surface area contributed by atoms with Gasteiger partial charge in [-0.3, -0.25) is 24.2 Å². The van der Waals surface area contributed by atoms with Gasteiger partial charge in [-0.15, -0.1) is 0 Å². The Kier molecular flexibility index (Phi) is 6.01. The van der Waals surface area contributed by atoms with Crippen LogP contribution in [-0.2, 0) is 16.6 Å². The van der Waals surface area contributed by atoms with E-state index in [1.807, 2.05) is 47.8 Å². The number of hydrogen-bond acceptors (Lipinski definition) is 4. The highest BCUT2D eigenvalue weighted by molar-refractivity contribution is 6.15. The number of rotatable bonds is 6. The van der Waals surface area contributed by atoms with Crippen molar-refractivity contribution >= 4 is 17.6 Å². The molecule has 3 aliphatic rings. The maximum atomic E-state index is 13.5. The lowest BCUT2D eigenvalue weighted by atomic mass is 9.97. The van der Waals surface area contributed by atoms with E-state index in [9.17, 15) is 9.59 Å². The van der Waals surface area contributed by atoms with Gasteiger partial charge in [-0.2, -0.15) is 5.10 Å². The minimum Gasteiger partial charge on any atom is -0.342 e. The molecule has 1 saturated carbocycles. The van der Waals surface area contributed by atoms with Crippen LogP contribution < -0.4 is 0 Å². The van der Waals surface area contributed by atoms with Crippen LogP contribution in [0.5, 0.6) is 0 Å². The molecule has 0 bridgehead atoms. The van der Waals surface area contributed by atoms with E-state index in [-0.39, 0.29) is 23.1 Å². The van der Waals surface area contributed by atoms with Crippen LogP contribution in [0.4, 0.5) is 0 Å². The molecule has 2 aliphatic heterocycles. The number of carbonyl (C=O) groups is 2. The van der Waals surface area contributed by atoms with Crippen LogP contribution in [0.3, 0.4) is 0 Å². The molecule has 7 nitrogen and oxygen atoms in total. The van der Waals surface area contributed by atoms with Gasteiger partial charge in [-0.1, -0.05) is 49.4 Å². The van der Waals surface area contributed by atoms with Crippen molar-refractivity contribution in [2.45, 2.75) is 52.5 Å². The molecular formula is C32H37N5O2. The van der Waals surface area contributed by atoms with E-state index < -0.39 is 5.54 Å². The lowest BCUT2D eigenvalue weighted by molar-refractivity contribution is -0.135. The molecule has 202 valence electrons. The van der Waals surface area contributed by atoms with Crippen LogP contribution in [0.1, 0.15) is 51.2 Å². The van der Waals surface area contributed by atoms with Crippen LogP contribution in [0, 0.1) is 18.3 Å². The Morgan fingerprint density at radius 3 is 2.28 bits per heavy atom. The molecule has 7 heteroatoms. The zero-order valence-corrected chi connectivity index (χ0v) is 23.6. The smallest absolute Gasteiger partial charge is 0.255 e. The van der Waals surface area contributed by atoms with Crippen LogP contribution in [-0.4, -0.2) is 62.4 Å². The molecule has 3 aromatic rings. The first-order valence-electron chi connectivity index (χ1n) is 14.0. The SMILES string of the molecule is Cc1cc(-c2ccc(-c3cnn(C)c3)cc2)ccc1C1=NC(C)(C)C(=O)N1CC1CCN(C(=O)C2(C)CC2)C1. The van der Waals surface area contributed by atoms with Crippen molar-refractivity contribution in [2.75, 3.05) is 19.6 Å². The molecule has 39 heavy (non-hydrogen) atoms. The largest absolute Gasteiger partial charge is 0.342 e. The van der Waals surface area contributed by atoms with Crippen molar-refractivity contribution in [1.29, 1.82) is 0 Å². The summed E-state index contributed by atoms with van der Waals surface area (Å²) in [5.41, 5.74) is 5.63. The highest BCUT2D eigenvalue weighted by Crippen LogP contribution is 2.47. The molecule has 3 heterocycles. The lowest BCUT2D eigenvalue weighted by Crippen LogP contribution is -2.43. The Bertz CT molecular complexity index is 1480. The molecule has 6 rings (SSSR count). The fourth-order valence-electron chi connectivity index (χ4n) is 5.90. The molecule has 2 fully saturated rings. The Balaban J connectivity index is 1.21. The average molecular weight is 524 g/mol. The molecule has 2 amide bonds. The molecule has 2 aromatic carbocycles. The predicted octanol–water partition coefficient (Wildman–Crippen LogP) is 5.08. The third kappa shape index (κ3) is 4.68. The van der Waals surface area contributed by atoms with Gasteiger partial charge < -0.3 is 4.90 Å². The molecule has 1 unspecified atom stereocenters. The fraction of sp³-hybridized carbons (Fsp3) is 0.438. The van der Waals surface area contributed by atoms with Gasteiger partial charge in [0.15, 0.2) is 0 Å². The summed E-state index contributed by atoms with van der Waals surface area (Å²) in [6.07, 6.45) is 6.80. The first-order valence-corrected chi connectivity index (χ1v) is 14.0. The number of aliphatic imine (C=N–C) groups is 1. The van der Waals surface area contributed by atoms with Crippen molar-refractivity contribution in [3.05, 3.63) is 66.0 Å². The summed E-state index contributed by atoms with van der Waals surface area (Å²) in [6, 6.07) is 14.9. The molecule has 0 spiro atoms. The first-order chi connectivity index (χ1) is 18.5. The van der Waals surface area contributed by atoms with Crippen LogP contribution in [0.15, 0.2) is 59.9 Å². The molecule has 1 aliphatic carbocycles. The molecule has 1 atom stereocenters. The Hall–Kier alpha value is -3.74. The number of aryl methyl sites for hydroxylation is 2. The quantitative estimate of drug-likeness (QED) is 0.453. The number of amides is 2. The maximum Gasteiger partial charge on any atom is 0.255 e. The van der Waals surface area contributed by atoms with Gasteiger partial charge in [0.1, 0.15) is 11.4 Å². The van der Waals surface area contributed by atoms with Gasteiger partial charge in [-0.25, -0.2) is 0 Å². The average Bonchev–Trinajstić information content (AvgIpc) is 3.22. The summed E-state index contributed by atoms with van der Waals surface area (Å²) in [5.74, 6) is 1.33. The highest BCUT2D eigenvalue weighted by Gasteiger charge is 2.49. The molecule has 1 aromatic heterocycles. The van der Waals surface area contributed by atoms with E-state index in [1.54, 1.807) is 0 Å². The Morgan fingerprint density at radius 2 is 1.67 bits per heavy atom. The van der Waals surface area contributed by atoms with E-state index in [1.165, 1.54) is 0 Å². The Labute approximate surface area is 230 Å². The van der Waals surface area contributed by atoms with Crippen LogP contribution >= 0.6 is 0 Å². The number of carbonyl (C=O) groups excluding carboxylic acids is 2. The summed E-state index contributed by atoms with van der Waals surface area (Å²) in [6.45, 7) is 10.0. The van der Waals surface area contributed by atoms with E-state index in [0.717, 1.165) is 71.6 Å². The number of likely N-dealkylation sites (tertiary alicyclic amines) is 1. The second-order valence-electron chi connectivity index (χ2n) is 12.4. The number of aromatic nitrogens is 2. The van der Waals surface area contributed by atoms with E-state index in [0.29, 0.717) is 6.54 Å². The van der Waals surface area contributed by atoms with E-state index >= 15 is 0 Å². The third-order valence-corrected chi connectivity index (χ3v) is 8.66. The number of amidine groups is 1. The van der Waals surface area contributed by atoms with Crippen LogP contribution in [0.2, 0.25) is 0 Å². The van der Waals surface area contributed by atoms with Crippen molar-refractivity contribution in [2.24, 2.45) is 23.4 Å². The van der Waals surface area contributed by atoms with Gasteiger partial charge in [0, 0.05) is 49.4 Å². The summed E-state index contributed by atoms with van der Waals surface area (Å²) in [7, 11) is 1.92. The fourth-order valence-corrected chi connectivity index (χ4v) is 5.90. The van der Waals surface area contributed by atoms with Gasteiger partial charge in [0.05, 0.1) is 6.20 Å². The second kappa shape index (κ2) is 9.18. The zero-order valence-electron chi connectivity index (χ0n) is 23.6. The molecule has 1 saturated heterocycles. The lowest BCUT2D eigenvalue weighted by Gasteiger charge is -2.25. The van der Waals surface area contributed by atoms with Gasteiger partial charge in [0.25, 0.3) is 5.91 Å². The molecular weight excluding hydrogens is 486 g/mol. The normalized spacial score (nSPS) is 21.4. The van der Waals surface area contributed by atoms with Crippen LogP contribution in [0.25, 0.3) is 22.3 Å². The summed E-state index contributed by atoms with van der Waals surface area (Å²) in [5, 5.41) is 4.27. The maximum absolute atomic E-state index is 13.5. The second-order valence-corrected chi connectivity index (χ2v) is 12.4. The monoisotopic (exact) mass is 523 g/mol.